The van der Waals surface area contributed by atoms with E-state index < -0.39 is 0 Å². The highest BCUT2D eigenvalue weighted by molar-refractivity contribution is 7.89. The van der Waals surface area contributed by atoms with Crippen molar-refractivity contribution in [2.24, 2.45) is 0 Å². The predicted octanol–water partition coefficient (Wildman–Crippen LogP) is -7.02. The Kier molecular flexibility index (Phi) is 6.78. The molecule has 10 heteroatoms. The molecule has 0 aliphatic heterocycles. The SMILES string of the molecule is BBBB(B)B(B)BBB. The van der Waals surface area contributed by atoms with Crippen molar-refractivity contribution in [1.82, 2.24) is 0 Å². The van der Waals surface area contributed by atoms with Crippen molar-refractivity contribution < 1.29 is 0 Å². The van der Waals surface area contributed by atoms with E-state index in [2.05, 4.69) is 30.9 Å². The summed E-state index contributed by atoms with van der Waals surface area (Å²) in [6.07, 6.45) is 1.87. The van der Waals surface area contributed by atoms with Crippen LogP contribution in [-0.2, 0) is 0 Å². The molecule has 0 unspecified atom stereocenters. The Labute approximate surface area is 72.4 Å². The second-order valence-electron chi connectivity index (χ2n) is 3.53. The van der Waals surface area contributed by atoms with Crippen LogP contribution in [-0.4, -0.2) is 72.0 Å². The Morgan fingerprint density at radius 3 is 1.30 bits per heavy atom. The number of rotatable bonds is 5. The summed E-state index contributed by atoms with van der Waals surface area (Å²) >= 11 is 0. The molecule has 0 heterocycles. The molecule has 0 aliphatic rings. The van der Waals surface area contributed by atoms with E-state index in [9.17, 15) is 0 Å². The molecule has 0 amide bonds. The van der Waals surface area contributed by atoms with Crippen molar-refractivity contribution >= 4 is 72.0 Å². The molecule has 0 fully saturated rings. The van der Waals surface area contributed by atoms with E-state index >= 15 is 0 Å². The molecule has 0 aromatic heterocycles. The zero-order chi connectivity index (χ0) is 7.98. The van der Waals surface area contributed by atoms with Crippen LogP contribution in [0.15, 0.2) is 0 Å². The Hall–Kier alpha value is 0.649. The molecule has 42 valence electrons. The molecule has 0 nitrogen and oxygen atoms in total. The van der Waals surface area contributed by atoms with Crippen LogP contribution >= 0.6 is 0 Å². The van der Waals surface area contributed by atoms with Crippen LogP contribution in [0.1, 0.15) is 0 Å². The van der Waals surface area contributed by atoms with Crippen LogP contribution in [0.4, 0.5) is 0 Å². The highest BCUT2D eigenvalue weighted by Crippen LogP contribution is 1.75. The van der Waals surface area contributed by atoms with Gasteiger partial charge in [0.15, 0.2) is 0 Å². The van der Waals surface area contributed by atoms with Crippen LogP contribution in [0.5, 0.6) is 0 Å². The van der Waals surface area contributed by atoms with Crippen LogP contribution in [0.3, 0.4) is 0 Å². The van der Waals surface area contributed by atoms with Gasteiger partial charge in [-0.25, -0.2) is 0 Å². The first-order valence-corrected chi connectivity index (χ1v) is 4.72. The molecule has 0 aliphatic carbocycles. The quantitative estimate of drug-likeness (QED) is 0.316. The van der Waals surface area contributed by atoms with Crippen molar-refractivity contribution in [2.75, 3.05) is 0 Å². The molecule has 10 heavy (non-hydrogen) atoms. The van der Waals surface area contributed by atoms with Gasteiger partial charge in [0, 0.05) is 41.0 Å². The van der Waals surface area contributed by atoms with Crippen LogP contribution in [0.25, 0.3) is 0 Å². The van der Waals surface area contributed by atoms with Crippen LogP contribution in [0.2, 0.25) is 0 Å². The van der Waals surface area contributed by atoms with Gasteiger partial charge in [-0.2, -0.15) is 0 Å². The molecule has 0 saturated carbocycles. The second-order valence-corrected chi connectivity index (χ2v) is 3.53. The maximum absolute atomic E-state index is 2.38. The maximum Gasteiger partial charge on any atom is 0.0597 e. The van der Waals surface area contributed by atoms with Gasteiger partial charge in [0.05, 0.1) is 30.9 Å². The third-order valence-corrected chi connectivity index (χ3v) is 2.46. The van der Waals surface area contributed by atoms with Gasteiger partial charge in [-0.3, -0.25) is 0 Å². The number of hydrogen-bond acceptors (Lipinski definition) is 0. The van der Waals surface area contributed by atoms with E-state index in [0.29, 0.717) is 0 Å². The van der Waals surface area contributed by atoms with Gasteiger partial charge in [0.2, 0.25) is 0 Å². The fourth-order valence-corrected chi connectivity index (χ4v) is 1.48. The lowest BCUT2D eigenvalue weighted by Crippen LogP contribution is -2.51. The summed E-state index contributed by atoms with van der Waals surface area (Å²) in [4.78, 5) is 0. The summed E-state index contributed by atoms with van der Waals surface area (Å²) < 4.78 is 0. The lowest BCUT2D eigenvalue weighted by molar-refractivity contribution is 3.63. The van der Waals surface area contributed by atoms with Crippen LogP contribution < -0.4 is 0 Å². The van der Waals surface area contributed by atoms with E-state index in [1.807, 2.05) is 0 Å². The molecule has 0 spiro atoms. The van der Waals surface area contributed by atoms with Gasteiger partial charge in [0.1, 0.15) is 0 Å². The van der Waals surface area contributed by atoms with Crippen molar-refractivity contribution in [1.29, 1.82) is 0 Å². The largest absolute Gasteiger partial charge is 0.0597 e. The molecular weight excluding hydrogens is 108 g/mol. The Morgan fingerprint density at radius 1 is 0.800 bits per heavy atom. The fourth-order valence-electron chi connectivity index (χ4n) is 1.48. The first-order valence-electron chi connectivity index (χ1n) is 4.72. The van der Waals surface area contributed by atoms with Crippen molar-refractivity contribution in [3.05, 3.63) is 0 Å². The minimum atomic E-state index is 0.935. The van der Waals surface area contributed by atoms with Gasteiger partial charge in [-0.1, -0.05) is 0 Å². The molecule has 0 bridgehead atoms. The van der Waals surface area contributed by atoms with Crippen molar-refractivity contribution in [3.8, 4) is 0 Å². The normalized spacial score (nSPS) is 7.60. The van der Waals surface area contributed by atoms with E-state index in [-0.39, 0.29) is 0 Å². The Morgan fingerprint density at radius 2 is 1.10 bits per heavy atom. The summed E-state index contributed by atoms with van der Waals surface area (Å²) in [6, 6.07) is 0. The molecule has 0 aromatic carbocycles. The zero-order valence-corrected chi connectivity index (χ0v) is 7.98. The fraction of sp³-hybridized carbons (Fsp3) is 0. The third-order valence-electron chi connectivity index (χ3n) is 2.46. The second kappa shape index (κ2) is 6.37. The average molecular weight is 120 g/mol. The van der Waals surface area contributed by atoms with Gasteiger partial charge < -0.3 is 0 Å². The van der Waals surface area contributed by atoms with E-state index in [0.717, 1.165) is 12.8 Å². The van der Waals surface area contributed by atoms with Crippen molar-refractivity contribution in [2.45, 2.75) is 0 Å². The zero-order valence-electron chi connectivity index (χ0n) is 7.98. The summed E-state index contributed by atoms with van der Waals surface area (Å²) in [5, 5.41) is 0. The Balaban J connectivity index is 3.38. The Bertz CT molecular complexity index is 56.4. The first kappa shape index (κ1) is 10.6. The summed E-state index contributed by atoms with van der Waals surface area (Å²) in [5.41, 5.74) is 0. The molecular formula is H12B10. The standard InChI is InChI=1S/B10H12/c1-5-7-9(3)10(4)8-6-2/h5-8H,1-4H2. The summed E-state index contributed by atoms with van der Waals surface area (Å²) in [6.45, 7) is 0. The molecule has 0 aromatic rings. The smallest absolute Gasteiger partial charge is 0.0164 e. The predicted molar refractivity (Wildman–Crippen MR) is 74.3 cm³/mol. The van der Waals surface area contributed by atoms with Gasteiger partial charge in [-0.05, 0) is 0 Å². The molecule has 0 rings (SSSR count). The summed E-state index contributed by atoms with van der Waals surface area (Å²) in [7, 11) is 14.8. The monoisotopic (exact) mass is 122 g/mol. The van der Waals surface area contributed by atoms with Crippen molar-refractivity contribution in [3.63, 3.8) is 0 Å². The van der Waals surface area contributed by atoms with Crippen LogP contribution in [0, 0.1) is 0 Å². The molecule has 0 saturated heterocycles. The molecule has 0 radical (unpaired) electrons. The highest BCUT2D eigenvalue weighted by atomic mass is 12.9. The molecule has 0 N–H and O–H groups in total. The summed E-state index contributed by atoms with van der Waals surface area (Å²) in [5.74, 6) is 0. The highest BCUT2D eigenvalue weighted by Gasteiger charge is 2.16. The molecule has 0 atom stereocenters. The first-order chi connectivity index (χ1) is 4.72. The van der Waals surface area contributed by atoms with Gasteiger partial charge >= 0.3 is 0 Å². The third kappa shape index (κ3) is 4.46. The maximum atomic E-state index is 2.38. The van der Waals surface area contributed by atoms with E-state index in [4.69, 9.17) is 0 Å². The van der Waals surface area contributed by atoms with E-state index in [1.165, 1.54) is 28.2 Å². The topological polar surface area (TPSA) is 0 Å². The lowest BCUT2D eigenvalue weighted by atomic mass is 8.69. The lowest BCUT2D eigenvalue weighted by Gasteiger charge is -2.10. The van der Waals surface area contributed by atoms with Gasteiger partial charge in [0.25, 0.3) is 0 Å². The number of hydrogen-bond donors (Lipinski definition) is 0. The van der Waals surface area contributed by atoms with E-state index in [1.54, 1.807) is 0 Å². The average Bonchev–Trinajstić information content (AvgIpc) is 1.89. The minimum Gasteiger partial charge on any atom is 0.0164 e. The minimum absolute atomic E-state index is 0.935. The van der Waals surface area contributed by atoms with Gasteiger partial charge in [-0.15, -0.1) is 0 Å².